The van der Waals surface area contributed by atoms with E-state index in [1.807, 2.05) is 19.1 Å². The van der Waals surface area contributed by atoms with Crippen LogP contribution in [0, 0.1) is 0 Å². The van der Waals surface area contributed by atoms with Crippen molar-refractivity contribution in [2.75, 3.05) is 6.61 Å². The van der Waals surface area contributed by atoms with Crippen LogP contribution < -0.4 is 0 Å². The van der Waals surface area contributed by atoms with E-state index in [0.29, 0.717) is 12.3 Å². The van der Waals surface area contributed by atoms with Crippen LogP contribution in [0.3, 0.4) is 0 Å². The lowest BCUT2D eigenvalue weighted by Crippen LogP contribution is -2.07. The number of aromatic carboxylic acids is 1. The Labute approximate surface area is 88.0 Å². The minimum atomic E-state index is -0.979. The van der Waals surface area contributed by atoms with Crippen molar-refractivity contribution >= 4 is 5.97 Å². The van der Waals surface area contributed by atoms with Gasteiger partial charge in [-0.1, -0.05) is 12.2 Å². The van der Waals surface area contributed by atoms with Crippen LogP contribution in [0.15, 0.2) is 18.3 Å². The maximum absolute atomic E-state index is 10.8. The predicted molar refractivity (Wildman–Crippen MR) is 54.6 cm³/mol. The summed E-state index contributed by atoms with van der Waals surface area (Å²) in [4.78, 5) is 10.8. The molecule has 0 saturated heterocycles. The molecular weight excluding hydrogens is 196 g/mol. The van der Waals surface area contributed by atoms with E-state index < -0.39 is 5.97 Å². The Bertz CT molecular complexity index is 369. The molecule has 0 radical (unpaired) electrons. The Morgan fingerprint density at radius 3 is 3.07 bits per heavy atom. The van der Waals surface area contributed by atoms with E-state index in [2.05, 4.69) is 5.10 Å². The third kappa shape index (κ3) is 2.92. The number of nitrogens with zero attached hydrogens (tertiary/aromatic N) is 2. The number of allylic oxidation sites excluding steroid dienone is 1. The molecule has 0 bridgehead atoms. The fraction of sp³-hybridized carbons (Fsp3) is 0.400. The second-order valence-electron chi connectivity index (χ2n) is 3.02. The van der Waals surface area contributed by atoms with Crippen LogP contribution in [0.4, 0.5) is 0 Å². The van der Waals surface area contributed by atoms with Crippen LogP contribution in [0.1, 0.15) is 23.0 Å². The van der Waals surface area contributed by atoms with E-state index in [0.717, 1.165) is 0 Å². The van der Waals surface area contributed by atoms with Crippen LogP contribution >= 0.6 is 0 Å². The third-order valence-electron chi connectivity index (χ3n) is 1.98. The van der Waals surface area contributed by atoms with E-state index in [1.165, 1.54) is 10.9 Å². The van der Waals surface area contributed by atoms with Gasteiger partial charge in [-0.15, -0.1) is 0 Å². The molecule has 82 valence electrons. The van der Waals surface area contributed by atoms with Gasteiger partial charge in [-0.25, -0.2) is 4.79 Å². The summed E-state index contributed by atoms with van der Waals surface area (Å²) in [5.74, 6) is -0.979. The quantitative estimate of drug-likeness (QED) is 0.586. The largest absolute Gasteiger partial charge is 0.478 e. The van der Waals surface area contributed by atoms with Gasteiger partial charge in [0.05, 0.1) is 25.1 Å². The van der Waals surface area contributed by atoms with Crippen LogP contribution in [0.5, 0.6) is 0 Å². The Morgan fingerprint density at radius 2 is 2.47 bits per heavy atom. The van der Waals surface area contributed by atoms with Crippen molar-refractivity contribution in [3.63, 3.8) is 0 Å². The molecule has 1 N–H and O–H groups in total. The predicted octanol–water partition coefficient (Wildman–Crippen LogP) is 1.21. The van der Waals surface area contributed by atoms with Gasteiger partial charge >= 0.3 is 5.97 Å². The summed E-state index contributed by atoms with van der Waals surface area (Å²) < 4.78 is 6.79. The highest BCUT2D eigenvalue weighted by Gasteiger charge is 2.14. The van der Waals surface area contributed by atoms with Crippen molar-refractivity contribution in [2.45, 2.75) is 13.5 Å². The fourth-order valence-corrected chi connectivity index (χ4v) is 1.13. The molecule has 0 aliphatic rings. The van der Waals surface area contributed by atoms with Gasteiger partial charge in [-0.3, -0.25) is 4.68 Å². The summed E-state index contributed by atoms with van der Waals surface area (Å²) in [5, 5.41) is 12.7. The standard InChI is InChI=1S/C10H14N2O3/c1-3-4-5-15-7-9-8(10(13)14)6-11-12(9)2/h3-4,6H,5,7H2,1-2H3,(H,13,14)/b4-3+. The number of ether oxygens (including phenoxy) is 1. The third-order valence-corrected chi connectivity index (χ3v) is 1.98. The number of carboxylic acid groups (broad SMARTS) is 1. The maximum Gasteiger partial charge on any atom is 0.339 e. The van der Waals surface area contributed by atoms with Gasteiger partial charge < -0.3 is 9.84 Å². The summed E-state index contributed by atoms with van der Waals surface area (Å²) in [7, 11) is 1.70. The minimum absolute atomic E-state index is 0.193. The Balaban J connectivity index is 2.66. The average Bonchev–Trinajstić information content (AvgIpc) is 2.55. The molecule has 1 aromatic rings. The molecule has 0 atom stereocenters. The summed E-state index contributed by atoms with van der Waals surface area (Å²) >= 11 is 0. The molecule has 5 nitrogen and oxygen atoms in total. The average molecular weight is 210 g/mol. The van der Waals surface area contributed by atoms with E-state index in [-0.39, 0.29) is 12.2 Å². The van der Waals surface area contributed by atoms with Crippen molar-refractivity contribution in [3.8, 4) is 0 Å². The first-order valence-electron chi connectivity index (χ1n) is 4.60. The second kappa shape index (κ2) is 5.31. The monoisotopic (exact) mass is 210 g/mol. The van der Waals surface area contributed by atoms with Gasteiger partial charge in [0, 0.05) is 7.05 Å². The van der Waals surface area contributed by atoms with E-state index >= 15 is 0 Å². The van der Waals surface area contributed by atoms with Crippen LogP contribution in [-0.2, 0) is 18.4 Å². The number of rotatable bonds is 5. The Hall–Kier alpha value is -1.62. The number of hydrogen-bond donors (Lipinski definition) is 1. The van der Waals surface area contributed by atoms with Crippen LogP contribution in [0.2, 0.25) is 0 Å². The molecule has 0 fully saturated rings. The Morgan fingerprint density at radius 1 is 1.73 bits per heavy atom. The molecule has 1 rings (SSSR count). The van der Waals surface area contributed by atoms with Gasteiger partial charge in [-0.05, 0) is 6.92 Å². The number of hydrogen-bond acceptors (Lipinski definition) is 3. The maximum atomic E-state index is 10.8. The van der Waals surface area contributed by atoms with E-state index in [9.17, 15) is 4.79 Å². The SMILES string of the molecule is C/C=C/COCc1c(C(=O)O)cnn1C. The Kier molecular flexibility index (Phi) is 4.05. The first-order valence-corrected chi connectivity index (χ1v) is 4.60. The minimum Gasteiger partial charge on any atom is -0.478 e. The lowest BCUT2D eigenvalue weighted by molar-refractivity contribution is 0.0689. The molecule has 1 heterocycles. The van der Waals surface area contributed by atoms with Crippen LogP contribution in [-0.4, -0.2) is 27.5 Å². The lowest BCUT2D eigenvalue weighted by Gasteiger charge is -2.03. The van der Waals surface area contributed by atoms with Crippen molar-refractivity contribution in [1.82, 2.24) is 9.78 Å². The molecular formula is C10H14N2O3. The zero-order chi connectivity index (χ0) is 11.3. The van der Waals surface area contributed by atoms with Crippen molar-refractivity contribution < 1.29 is 14.6 Å². The van der Waals surface area contributed by atoms with E-state index in [4.69, 9.17) is 9.84 Å². The van der Waals surface area contributed by atoms with Gasteiger partial charge in [0.1, 0.15) is 5.56 Å². The highest BCUT2D eigenvalue weighted by Crippen LogP contribution is 2.08. The highest BCUT2D eigenvalue weighted by molar-refractivity contribution is 5.88. The second-order valence-corrected chi connectivity index (χ2v) is 3.02. The number of carbonyl (C=O) groups is 1. The van der Waals surface area contributed by atoms with Gasteiger partial charge in [-0.2, -0.15) is 5.10 Å². The summed E-state index contributed by atoms with van der Waals surface area (Å²) in [6, 6.07) is 0. The van der Waals surface area contributed by atoms with Crippen molar-refractivity contribution in [1.29, 1.82) is 0 Å². The number of carboxylic acids is 1. The lowest BCUT2D eigenvalue weighted by atomic mass is 10.2. The molecule has 0 aromatic carbocycles. The fourth-order valence-electron chi connectivity index (χ4n) is 1.13. The van der Waals surface area contributed by atoms with Crippen LogP contribution in [0.25, 0.3) is 0 Å². The van der Waals surface area contributed by atoms with Crippen molar-refractivity contribution in [3.05, 3.63) is 29.6 Å². The van der Waals surface area contributed by atoms with E-state index in [1.54, 1.807) is 7.05 Å². The topological polar surface area (TPSA) is 64.3 Å². The molecule has 0 amide bonds. The summed E-state index contributed by atoms with van der Waals surface area (Å²) in [6.07, 6.45) is 5.06. The van der Waals surface area contributed by atoms with Gasteiger partial charge in [0.15, 0.2) is 0 Å². The molecule has 0 aliphatic heterocycles. The molecule has 0 unspecified atom stereocenters. The summed E-state index contributed by atoms with van der Waals surface area (Å²) in [6.45, 7) is 2.62. The highest BCUT2D eigenvalue weighted by atomic mass is 16.5. The molecule has 0 spiro atoms. The zero-order valence-corrected chi connectivity index (χ0v) is 8.80. The van der Waals surface area contributed by atoms with Crippen molar-refractivity contribution in [2.24, 2.45) is 7.05 Å². The molecule has 1 aromatic heterocycles. The summed E-state index contributed by atoms with van der Waals surface area (Å²) in [5.41, 5.74) is 0.769. The zero-order valence-electron chi connectivity index (χ0n) is 8.80. The molecule has 15 heavy (non-hydrogen) atoms. The molecule has 0 aliphatic carbocycles. The van der Waals surface area contributed by atoms with Gasteiger partial charge in [0.2, 0.25) is 0 Å². The number of aromatic nitrogens is 2. The molecule has 0 saturated carbocycles. The first kappa shape index (κ1) is 11.5. The molecule has 5 heteroatoms. The first-order chi connectivity index (χ1) is 7.16. The number of aryl methyl sites for hydroxylation is 1. The van der Waals surface area contributed by atoms with Gasteiger partial charge in [0.25, 0.3) is 0 Å². The smallest absolute Gasteiger partial charge is 0.339 e. The normalized spacial score (nSPS) is 11.1.